The Morgan fingerprint density at radius 2 is 2.35 bits per heavy atom. The van der Waals surface area contributed by atoms with Gasteiger partial charge >= 0.3 is 0 Å². The second kappa shape index (κ2) is 5.58. The normalized spacial score (nSPS) is 20.6. The van der Waals surface area contributed by atoms with E-state index in [0.29, 0.717) is 11.6 Å². The van der Waals surface area contributed by atoms with Crippen LogP contribution < -0.4 is 0 Å². The van der Waals surface area contributed by atoms with Gasteiger partial charge in [0.15, 0.2) is 5.76 Å². The average Bonchev–Trinajstić information content (AvgIpc) is 2.86. The van der Waals surface area contributed by atoms with Gasteiger partial charge in [-0.3, -0.25) is 4.79 Å². The van der Waals surface area contributed by atoms with Crippen LogP contribution in [0.15, 0.2) is 16.5 Å². The lowest BCUT2D eigenvalue weighted by Crippen LogP contribution is -2.44. The number of hydrogen-bond acceptors (Lipinski definition) is 2. The van der Waals surface area contributed by atoms with E-state index in [0.717, 1.165) is 38.0 Å². The molecule has 17 heavy (non-hydrogen) atoms. The molecule has 0 aromatic carbocycles. The van der Waals surface area contributed by atoms with Crippen LogP contribution in [0.5, 0.6) is 0 Å². The molecule has 1 unspecified atom stereocenters. The van der Waals surface area contributed by atoms with Gasteiger partial charge in [-0.25, -0.2) is 0 Å². The fourth-order valence-electron chi connectivity index (χ4n) is 2.25. The van der Waals surface area contributed by atoms with E-state index in [1.165, 1.54) is 0 Å². The minimum absolute atomic E-state index is 0.0185. The van der Waals surface area contributed by atoms with Gasteiger partial charge < -0.3 is 9.32 Å². The van der Waals surface area contributed by atoms with Gasteiger partial charge in [0.1, 0.15) is 5.76 Å². The molecule has 1 aromatic heterocycles. The Morgan fingerprint density at radius 1 is 1.53 bits per heavy atom. The second-order valence-electron chi connectivity index (χ2n) is 4.42. The van der Waals surface area contributed by atoms with Crippen molar-refractivity contribution in [2.45, 2.75) is 38.6 Å². The number of alkyl halides is 1. The predicted octanol–water partition coefficient (Wildman–Crippen LogP) is 3.08. The Balaban J connectivity index is 2.12. The molecule has 0 bridgehead atoms. The minimum Gasteiger partial charge on any atom is -0.456 e. The number of halogens is 1. The van der Waals surface area contributed by atoms with Crippen molar-refractivity contribution in [3.63, 3.8) is 0 Å². The highest BCUT2D eigenvalue weighted by Gasteiger charge is 2.28. The topological polar surface area (TPSA) is 33.5 Å². The fourth-order valence-corrected chi connectivity index (χ4v) is 2.57. The maximum Gasteiger partial charge on any atom is 0.289 e. The van der Waals surface area contributed by atoms with Crippen molar-refractivity contribution in [3.8, 4) is 0 Å². The number of amides is 1. The number of rotatable bonds is 3. The van der Waals surface area contributed by atoms with Crippen molar-refractivity contribution in [2.75, 3.05) is 12.4 Å². The standard InChI is InChI=1S/C13H18ClNO2/c1-2-11-6-7-12(17-11)13(16)15-8-4-3-5-10(15)9-14/h6-7,10H,2-5,8-9H2,1H3. The molecule has 1 atom stereocenters. The zero-order chi connectivity index (χ0) is 12.3. The SMILES string of the molecule is CCc1ccc(C(=O)N2CCCCC2CCl)o1. The zero-order valence-electron chi connectivity index (χ0n) is 10.1. The smallest absolute Gasteiger partial charge is 0.289 e. The molecule has 1 amide bonds. The van der Waals surface area contributed by atoms with E-state index in [9.17, 15) is 4.79 Å². The maximum atomic E-state index is 12.3. The van der Waals surface area contributed by atoms with Gasteiger partial charge in [-0.15, -0.1) is 11.6 Å². The molecule has 1 saturated heterocycles. The van der Waals surface area contributed by atoms with Crippen LogP contribution in [0.2, 0.25) is 0 Å². The molecule has 1 aliphatic rings. The summed E-state index contributed by atoms with van der Waals surface area (Å²) in [6.07, 6.45) is 4.02. The Kier molecular flexibility index (Phi) is 4.11. The Bertz CT molecular complexity index is 389. The first-order valence-electron chi connectivity index (χ1n) is 6.22. The molecule has 1 aromatic rings. The minimum atomic E-state index is -0.0185. The van der Waals surface area contributed by atoms with Gasteiger partial charge in [0, 0.05) is 24.9 Å². The first-order chi connectivity index (χ1) is 8.26. The van der Waals surface area contributed by atoms with Gasteiger partial charge in [0.05, 0.1) is 0 Å². The number of aryl methyl sites for hydroxylation is 1. The van der Waals surface area contributed by atoms with Crippen LogP contribution in [0.4, 0.5) is 0 Å². The van der Waals surface area contributed by atoms with Gasteiger partial charge in [0.2, 0.25) is 0 Å². The summed E-state index contributed by atoms with van der Waals surface area (Å²) in [5.41, 5.74) is 0. The lowest BCUT2D eigenvalue weighted by atomic mass is 10.0. The van der Waals surface area contributed by atoms with Crippen molar-refractivity contribution < 1.29 is 9.21 Å². The number of carbonyl (C=O) groups is 1. The third-order valence-corrected chi connectivity index (χ3v) is 3.64. The van der Waals surface area contributed by atoms with Crippen LogP contribution in [-0.2, 0) is 6.42 Å². The zero-order valence-corrected chi connectivity index (χ0v) is 10.9. The summed E-state index contributed by atoms with van der Waals surface area (Å²) < 4.78 is 5.51. The van der Waals surface area contributed by atoms with E-state index >= 15 is 0 Å². The lowest BCUT2D eigenvalue weighted by molar-refractivity contribution is 0.0605. The molecule has 3 nitrogen and oxygen atoms in total. The summed E-state index contributed by atoms with van der Waals surface area (Å²) >= 11 is 5.91. The summed E-state index contributed by atoms with van der Waals surface area (Å²) in [5, 5.41) is 0. The molecule has 0 spiro atoms. The largest absolute Gasteiger partial charge is 0.456 e. The van der Waals surface area contributed by atoms with E-state index in [1.54, 1.807) is 6.07 Å². The predicted molar refractivity (Wildman–Crippen MR) is 67.5 cm³/mol. The monoisotopic (exact) mass is 255 g/mol. The number of hydrogen-bond donors (Lipinski definition) is 0. The lowest BCUT2D eigenvalue weighted by Gasteiger charge is -2.33. The highest BCUT2D eigenvalue weighted by atomic mass is 35.5. The van der Waals surface area contributed by atoms with Gasteiger partial charge in [-0.05, 0) is 31.4 Å². The van der Waals surface area contributed by atoms with Crippen LogP contribution >= 0.6 is 11.6 Å². The quantitative estimate of drug-likeness (QED) is 0.778. The molecule has 0 radical (unpaired) electrons. The third-order valence-electron chi connectivity index (χ3n) is 3.29. The molecule has 94 valence electrons. The van der Waals surface area contributed by atoms with E-state index < -0.39 is 0 Å². The highest BCUT2D eigenvalue weighted by Crippen LogP contribution is 2.21. The van der Waals surface area contributed by atoms with Crippen LogP contribution in [0, 0.1) is 0 Å². The van der Waals surface area contributed by atoms with E-state index in [2.05, 4.69) is 0 Å². The first kappa shape index (κ1) is 12.5. The van der Waals surface area contributed by atoms with Crippen molar-refractivity contribution in [3.05, 3.63) is 23.7 Å². The molecule has 4 heteroatoms. The van der Waals surface area contributed by atoms with Gasteiger partial charge in [0.25, 0.3) is 5.91 Å². The van der Waals surface area contributed by atoms with Crippen LogP contribution in [0.3, 0.4) is 0 Å². The molecule has 2 rings (SSSR count). The van der Waals surface area contributed by atoms with Crippen molar-refractivity contribution in [2.24, 2.45) is 0 Å². The van der Waals surface area contributed by atoms with Crippen LogP contribution in [0.25, 0.3) is 0 Å². The van der Waals surface area contributed by atoms with Crippen molar-refractivity contribution in [1.82, 2.24) is 4.90 Å². The Morgan fingerprint density at radius 3 is 3.00 bits per heavy atom. The summed E-state index contributed by atoms with van der Waals surface area (Å²) in [6.45, 7) is 2.80. The number of likely N-dealkylation sites (tertiary alicyclic amines) is 1. The molecule has 1 fully saturated rings. The molecule has 0 saturated carbocycles. The summed E-state index contributed by atoms with van der Waals surface area (Å²) in [6, 6.07) is 3.79. The van der Waals surface area contributed by atoms with Gasteiger partial charge in [-0.2, -0.15) is 0 Å². The molecule has 0 N–H and O–H groups in total. The van der Waals surface area contributed by atoms with Crippen molar-refractivity contribution >= 4 is 17.5 Å². The molecule has 2 heterocycles. The van der Waals surface area contributed by atoms with Crippen LogP contribution in [0.1, 0.15) is 42.5 Å². The van der Waals surface area contributed by atoms with E-state index in [-0.39, 0.29) is 11.9 Å². The molecular formula is C13H18ClNO2. The van der Waals surface area contributed by atoms with E-state index in [1.807, 2.05) is 17.9 Å². The fraction of sp³-hybridized carbons (Fsp3) is 0.615. The Hall–Kier alpha value is -0.960. The summed E-state index contributed by atoms with van der Waals surface area (Å²) in [7, 11) is 0. The molecule has 0 aliphatic carbocycles. The number of piperidine rings is 1. The van der Waals surface area contributed by atoms with Crippen molar-refractivity contribution in [1.29, 1.82) is 0 Å². The average molecular weight is 256 g/mol. The number of nitrogens with zero attached hydrogens (tertiary/aromatic N) is 1. The highest BCUT2D eigenvalue weighted by molar-refractivity contribution is 6.18. The third kappa shape index (κ3) is 2.65. The van der Waals surface area contributed by atoms with E-state index in [4.69, 9.17) is 16.0 Å². The van der Waals surface area contributed by atoms with Crippen LogP contribution in [-0.4, -0.2) is 29.3 Å². The van der Waals surface area contributed by atoms with Gasteiger partial charge in [-0.1, -0.05) is 6.92 Å². The molecular weight excluding hydrogens is 238 g/mol. The Labute approximate surface area is 107 Å². The number of carbonyl (C=O) groups excluding carboxylic acids is 1. The summed E-state index contributed by atoms with van der Waals surface area (Å²) in [5.74, 6) is 1.79. The maximum absolute atomic E-state index is 12.3. The molecule has 1 aliphatic heterocycles. The summed E-state index contributed by atoms with van der Waals surface area (Å²) in [4.78, 5) is 14.1. The second-order valence-corrected chi connectivity index (χ2v) is 4.73. The first-order valence-corrected chi connectivity index (χ1v) is 6.75. The number of furan rings is 1.